The van der Waals surface area contributed by atoms with Gasteiger partial charge in [0.25, 0.3) is 5.56 Å². The number of hydrogen-bond donors (Lipinski definition) is 3. The molecule has 0 saturated heterocycles. The molecule has 1 amide bonds. The number of para-hydroxylation sites is 1. The zero-order valence-corrected chi connectivity index (χ0v) is 14.8. The molecular formula is C22H19N3O2. The van der Waals surface area contributed by atoms with Crippen LogP contribution >= 0.6 is 0 Å². The lowest BCUT2D eigenvalue weighted by atomic mass is 10.1. The second kappa shape index (κ2) is 6.13. The van der Waals surface area contributed by atoms with Gasteiger partial charge in [0.05, 0.1) is 11.9 Å². The van der Waals surface area contributed by atoms with Gasteiger partial charge in [-0.2, -0.15) is 0 Å². The van der Waals surface area contributed by atoms with Crippen molar-refractivity contribution < 1.29 is 4.79 Å². The SMILES string of the molecule is O=C(Cc1c[nH]c2ccccc12)Nc1ccc2c3c(c(=O)[nH]c2c1)CCC3. The van der Waals surface area contributed by atoms with E-state index in [9.17, 15) is 9.59 Å². The molecule has 1 aliphatic rings. The maximum Gasteiger partial charge on any atom is 0.251 e. The van der Waals surface area contributed by atoms with Crippen molar-refractivity contribution in [2.24, 2.45) is 0 Å². The molecule has 2 aromatic heterocycles. The first-order valence-corrected chi connectivity index (χ1v) is 9.22. The number of benzene rings is 2. The Kier molecular flexibility index (Phi) is 3.60. The van der Waals surface area contributed by atoms with Crippen molar-refractivity contribution in [2.75, 3.05) is 5.32 Å². The van der Waals surface area contributed by atoms with Crippen LogP contribution in [0.3, 0.4) is 0 Å². The summed E-state index contributed by atoms with van der Waals surface area (Å²) in [4.78, 5) is 30.9. The first-order valence-electron chi connectivity index (χ1n) is 9.22. The monoisotopic (exact) mass is 357 g/mol. The number of nitrogens with one attached hydrogen (secondary N) is 3. The number of pyridine rings is 1. The number of anilines is 1. The van der Waals surface area contributed by atoms with E-state index in [2.05, 4.69) is 15.3 Å². The van der Waals surface area contributed by atoms with Gasteiger partial charge in [0.2, 0.25) is 5.91 Å². The van der Waals surface area contributed by atoms with Crippen LogP contribution in [-0.4, -0.2) is 15.9 Å². The van der Waals surface area contributed by atoms with Crippen LogP contribution < -0.4 is 10.9 Å². The van der Waals surface area contributed by atoms with E-state index in [1.54, 1.807) is 0 Å². The smallest absolute Gasteiger partial charge is 0.251 e. The Hall–Kier alpha value is -3.34. The minimum Gasteiger partial charge on any atom is -0.361 e. The third kappa shape index (κ3) is 2.72. The quantitative estimate of drug-likeness (QED) is 0.523. The van der Waals surface area contributed by atoms with E-state index >= 15 is 0 Å². The fourth-order valence-corrected chi connectivity index (χ4v) is 4.13. The van der Waals surface area contributed by atoms with Crippen LogP contribution in [0.2, 0.25) is 0 Å². The summed E-state index contributed by atoms with van der Waals surface area (Å²) in [5.74, 6) is -0.0809. The van der Waals surface area contributed by atoms with E-state index in [0.29, 0.717) is 12.1 Å². The molecule has 0 spiro atoms. The van der Waals surface area contributed by atoms with Crippen LogP contribution in [0.5, 0.6) is 0 Å². The third-order valence-electron chi connectivity index (χ3n) is 5.39. The van der Waals surface area contributed by atoms with Crippen molar-refractivity contribution in [3.8, 4) is 0 Å². The molecule has 0 aliphatic heterocycles. The Morgan fingerprint density at radius 3 is 2.78 bits per heavy atom. The molecule has 2 aromatic carbocycles. The van der Waals surface area contributed by atoms with E-state index in [1.807, 2.05) is 48.7 Å². The van der Waals surface area contributed by atoms with E-state index in [0.717, 1.165) is 57.8 Å². The molecule has 0 bridgehead atoms. The van der Waals surface area contributed by atoms with Gasteiger partial charge in [-0.25, -0.2) is 0 Å². The maximum atomic E-state index is 12.5. The number of carbonyl (C=O) groups excluding carboxylic acids is 1. The highest BCUT2D eigenvalue weighted by Crippen LogP contribution is 2.28. The van der Waals surface area contributed by atoms with Crippen molar-refractivity contribution in [2.45, 2.75) is 25.7 Å². The second-order valence-corrected chi connectivity index (χ2v) is 7.11. The van der Waals surface area contributed by atoms with E-state index < -0.39 is 0 Å². The lowest BCUT2D eigenvalue weighted by molar-refractivity contribution is -0.115. The highest BCUT2D eigenvalue weighted by Gasteiger charge is 2.18. The Morgan fingerprint density at radius 2 is 1.85 bits per heavy atom. The van der Waals surface area contributed by atoms with Crippen LogP contribution in [-0.2, 0) is 24.1 Å². The molecule has 4 aromatic rings. The molecule has 5 nitrogen and oxygen atoms in total. The molecule has 0 saturated carbocycles. The summed E-state index contributed by atoms with van der Waals surface area (Å²) in [5.41, 5.74) is 5.54. The van der Waals surface area contributed by atoms with Gasteiger partial charge in [0.15, 0.2) is 0 Å². The molecule has 0 fully saturated rings. The topological polar surface area (TPSA) is 77.8 Å². The zero-order chi connectivity index (χ0) is 18.4. The van der Waals surface area contributed by atoms with Gasteiger partial charge in [0.1, 0.15) is 0 Å². The molecule has 27 heavy (non-hydrogen) atoms. The first kappa shape index (κ1) is 15.9. The standard InChI is InChI=1S/C22H19N3O2/c26-21(10-13-12-23-19-7-2-1-4-15(13)19)24-14-8-9-17-16-5-3-6-18(16)22(27)25-20(17)11-14/h1-2,4,7-9,11-12,23H,3,5-6,10H2,(H,24,26)(H,25,27). The molecule has 5 rings (SSSR count). The summed E-state index contributed by atoms with van der Waals surface area (Å²) >= 11 is 0. The summed E-state index contributed by atoms with van der Waals surface area (Å²) in [6.45, 7) is 0. The van der Waals surface area contributed by atoms with Crippen molar-refractivity contribution in [3.63, 3.8) is 0 Å². The maximum absolute atomic E-state index is 12.5. The molecule has 1 aliphatic carbocycles. The summed E-state index contributed by atoms with van der Waals surface area (Å²) in [6.07, 6.45) is 5.00. The lowest BCUT2D eigenvalue weighted by Gasteiger charge is -2.09. The lowest BCUT2D eigenvalue weighted by Crippen LogP contribution is -2.15. The Bertz CT molecular complexity index is 1250. The second-order valence-electron chi connectivity index (χ2n) is 7.11. The summed E-state index contributed by atoms with van der Waals surface area (Å²) in [6, 6.07) is 13.7. The average Bonchev–Trinajstić information content (AvgIpc) is 3.30. The van der Waals surface area contributed by atoms with E-state index in [-0.39, 0.29) is 11.5 Å². The fourth-order valence-electron chi connectivity index (χ4n) is 4.13. The van der Waals surface area contributed by atoms with Crippen LogP contribution in [0, 0.1) is 0 Å². The van der Waals surface area contributed by atoms with E-state index in [1.165, 1.54) is 0 Å². The summed E-state index contributed by atoms with van der Waals surface area (Å²) < 4.78 is 0. The van der Waals surface area contributed by atoms with E-state index in [4.69, 9.17) is 0 Å². The molecule has 2 heterocycles. The highest BCUT2D eigenvalue weighted by atomic mass is 16.1. The van der Waals surface area contributed by atoms with Crippen LogP contribution in [0.1, 0.15) is 23.1 Å². The average molecular weight is 357 g/mol. The summed E-state index contributed by atoms with van der Waals surface area (Å²) in [5, 5.41) is 5.09. The predicted molar refractivity (Wildman–Crippen MR) is 107 cm³/mol. The molecule has 5 heteroatoms. The van der Waals surface area contributed by atoms with Crippen LogP contribution in [0.15, 0.2) is 53.5 Å². The third-order valence-corrected chi connectivity index (χ3v) is 5.39. The molecule has 0 unspecified atom stereocenters. The summed E-state index contributed by atoms with van der Waals surface area (Å²) in [7, 11) is 0. The number of aryl methyl sites for hydroxylation is 1. The molecule has 0 radical (unpaired) electrons. The largest absolute Gasteiger partial charge is 0.361 e. The van der Waals surface area contributed by atoms with Crippen LogP contribution in [0.25, 0.3) is 21.8 Å². The minimum atomic E-state index is -0.0809. The normalized spacial score (nSPS) is 13.2. The number of aromatic nitrogens is 2. The molecule has 134 valence electrons. The Balaban J connectivity index is 1.42. The zero-order valence-electron chi connectivity index (χ0n) is 14.8. The number of aromatic amines is 2. The first-order chi connectivity index (χ1) is 13.2. The van der Waals surface area contributed by atoms with Gasteiger partial charge in [-0.15, -0.1) is 0 Å². The van der Waals surface area contributed by atoms with Gasteiger partial charge in [-0.3, -0.25) is 9.59 Å². The molecule has 0 atom stereocenters. The minimum absolute atomic E-state index is 0.00253. The Labute approximate surface area is 155 Å². The van der Waals surface area contributed by atoms with Gasteiger partial charge >= 0.3 is 0 Å². The molecular weight excluding hydrogens is 338 g/mol. The molecule has 3 N–H and O–H groups in total. The number of fused-ring (bicyclic) bond motifs is 4. The van der Waals surface area contributed by atoms with Gasteiger partial charge in [-0.1, -0.05) is 24.3 Å². The van der Waals surface area contributed by atoms with Crippen molar-refractivity contribution in [3.05, 3.63) is 75.7 Å². The predicted octanol–water partition coefficient (Wildman–Crippen LogP) is 3.68. The fraction of sp³-hybridized carbons (Fsp3) is 0.182. The number of rotatable bonds is 3. The number of amides is 1. The van der Waals surface area contributed by atoms with Gasteiger partial charge in [0, 0.05) is 33.7 Å². The van der Waals surface area contributed by atoms with Crippen molar-refractivity contribution in [1.82, 2.24) is 9.97 Å². The highest BCUT2D eigenvalue weighted by molar-refractivity contribution is 5.97. The van der Waals surface area contributed by atoms with Crippen molar-refractivity contribution >= 4 is 33.4 Å². The number of hydrogen-bond acceptors (Lipinski definition) is 2. The van der Waals surface area contributed by atoms with Gasteiger partial charge in [-0.05, 0) is 48.6 Å². The number of H-pyrrole nitrogens is 2. The Morgan fingerprint density at radius 1 is 1.00 bits per heavy atom. The van der Waals surface area contributed by atoms with Crippen molar-refractivity contribution in [1.29, 1.82) is 0 Å². The van der Waals surface area contributed by atoms with Gasteiger partial charge < -0.3 is 15.3 Å². The van der Waals surface area contributed by atoms with Crippen LogP contribution in [0.4, 0.5) is 5.69 Å². The number of carbonyl (C=O) groups is 1.